The molecule has 14 heavy (non-hydrogen) atoms. The molecule has 0 aromatic carbocycles. The van der Waals surface area contributed by atoms with Crippen LogP contribution in [0.3, 0.4) is 0 Å². The molecule has 0 spiro atoms. The number of urea groups is 1. The van der Waals surface area contributed by atoms with Crippen LogP contribution in [0.4, 0.5) is 4.79 Å². The molecule has 0 radical (unpaired) electrons. The molecule has 80 valence electrons. The van der Waals surface area contributed by atoms with Crippen LogP contribution in [-0.4, -0.2) is 42.1 Å². The third kappa shape index (κ3) is 6.05. The summed E-state index contributed by atoms with van der Waals surface area (Å²) in [5.74, 6) is -0.843. The van der Waals surface area contributed by atoms with Gasteiger partial charge in [0.15, 0.2) is 0 Å². The summed E-state index contributed by atoms with van der Waals surface area (Å²) in [6.45, 7) is 4.32. The van der Waals surface area contributed by atoms with Gasteiger partial charge in [-0.2, -0.15) is 0 Å². The number of carboxylic acids is 1. The van der Waals surface area contributed by atoms with Crippen molar-refractivity contribution in [3.05, 3.63) is 12.7 Å². The Hall–Kier alpha value is -1.52. The highest BCUT2D eigenvalue weighted by Gasteiger charge is 2.06. The lowest BCUT2D eigenvalue weighted by Crippen LogP contribution is -2.37. The maximum absolute atomic E-state index is 11.2. The summed E-state index contributed by atoms with van der Waals surface area (Å²) in [6, 6.07) is -0.213. The molecule has 0 unspecified atom stereocenters. The molecule has 0 atom stereocenters. The van der Waals surface area contributed by atoms with E-state index in [4.69, 9.17) is 5.11 Å². The standard InChI is InChI=1S/C9H16N2O3/c1-3-6-10-9(14)11(2)7-4-5-8(12)13/h3H,1,4-7H2,2H3,(H,10,14)(H,12,13). The van der Waals surface area contributed by atoms with Crippen molar-refractivity contribution in [2.75, 3.05) is 20.1 Å². The number of nitrogens with zero attached hydrogens (tertiary/aromatic N) is 1. The first kappa shape index (κ1) is 12.5. The zero-order chi connectivity index (χ0) is 11.0. The van der Waals surface area contributed by atoms with E-state index in [2.05, 4.69) is 11.9 Å². The number of carbonyl (C=O) groups is 2. The average Bonchev–Trinajstić information content (AvgIpc) is 2.13. The number of rotatable bonds is 6. The maximum atomic E-state index is 11.2. The molecule has 0 rings (SSSR count). The minimum atomic E-state index is -0.843. The van der Waals surface area contributed by atoms with Gasteiger partial charge in [-0.05, 0) is 6.42 Å². The van der Waals surface area contributed by atoms with Crippen LogP contribution in [0.5, 0.6) is 0 Å². The van der Waals surface area contributed by atoms with E-state index in [0.717, 1.165) is 0 Å². The van der Waals surface area contributed by atoms with Gasteiger partial charge in [-0.3, -0.25) is 4.79 Å². The number of aliphatic carboxylic acids is 1. The van der Waals surface area contributed by atoms with Crippen LogP contribution in [0.1, 0.15) is 12.8 Å². The molecule has 0 aromatic heterocycles. The molecule has 0 heterocycles. The molecular formula is C9H16N2O3. The SMILES string of the molecule is C=CCNC(=O)N(C)CCCC(=O)O. The summed E-state index contributed by atoms with van der Waals surface area (Å²) in [7, 11) is 1.63. The number of nitrogens with one attached hydrogen (secondary N) is 1. The molecule has 5 heteroatoms. The second kappa shape index (κ2) is 6.94. The van der Waals surface area contributed by atoms with E-state index in [1.54, 1.807) is 13.1 Å². The van der Waals surface area contributed by atoms with Gasteiger partial charge in [-0.1, -0.05) is 6.08 Å². The van der Waals surface area contributed by atoms with E-state index in [0.29, 0.717) is 19.5 Å². The predicted octanol–water partition coefficient (Wildman–Crippen LogP) is 0.679. The third-order valence-corrected chi connectivity index (χ3v) is 1.63. The fourth-order valence-corrected chi connectivity index (χ4v) is 0.863. The minimum absolute atomic E-state index is 0.0824. The number of hydrogen-bond donors (Lipinski definition) is 2. The second-order valence-corrected chi connectivity index (χ2v) is 2.89. The molecule has 0 aromatic rings. The monoisotopic (exact) mass is 200 g/mol. The maximum Gasteiger partial charge on any atom is 0.317 e. The van der Waals surface area contributed by atoms with Crippen LogP contribution >= 0.6 is 0 Å². The quantitative estimate of drug-likeness (QED) is 0.619. The Labute approximate surface area is 83.4 Å². The Morgan fingerprint density at radius 1 is 1.57 bits per heavy atom. The average molecular weight is 200 g/mol. The van der Waals surface area contributed by atoms with Crippen LogP contribution < -0.4 is 5.32 Å². The van der Waals surface area contributed by atoms with Gasteiger partial charge in [-0.25, -0.2) is 4.79 Å². The van der Waals surface area contributed by atoms with Crippen molar-refractivity contribution in [1.29, 1.82) is 0 Å². The van der Waals surface area contributed by atoms with Gasteiger partial charge in [0.1, 0.15) is 0 Å². The van der Waals surface area contributed by atoms with Crippen LogP contribution in [0.2, 0.25) is 0 Å². The van der Waals surface area contributed by atoms with Gasteiger partial charge in [-0.15, -0.1) is 6.58 Å². The summed E-state index contributed by atoms with van der Waals surface area (Å²) >= 11 is 0. The molecule has 2 amide bonds. The first-order valence-corrected chi connectivity index (χ1v) is 4.39. The number of carbonyl (C=O) groups excluding carboxylic acids is 1. The lowest BCUT2D eigenvalue weighted by molar-refractivity contribution is -0.137. The Morgan fingerprint density at radius 2 is 2.21 bits per heavy atom. The molecule has 5 nitrogen and oxygen atoms in total. The molecule has 0 aliphatic rings. The van der Waals surface area contributed by atoms with Crippen molar-refractivity contribution in [2.24, 2.45) is 0 Å². The van der Waals surface area contributed by atoms with Crippen molar-refractivity contribution in [2.45, 2.75) is 12.8 Å². The van der Waals surface area contributed by atoms with Crippen molar-refractivity contribution in [3.63, 3.8) is 0 Å². The summed E-state index contributed by atoms with van der Waals surface area (Å²) in [5, 5.41) is 11.0. The summed E-state index contributed by atoms with van der Waals surface area (Å²) in [5.41, 5.74) is 0. The topological polar surface area (TPSA) is 69.6 Å². The first-order valence-electron chi connectivity index (χ1n) is 4.39. The summed E-state index contributed by atoms with van der Waals surface area (Å²) < 4.78 is 0. The summed E-state index contributed by atoms with van der Waals surface area (Å²) in [6.07, 6.45) is 2.13. The highest BCUT2D eigenvalue weighted by atomic mass is 16.4. The van der Waals surface area contributed by atoms with Crippen LogP contribution in [0, 0.1) is 0 Å². The molecule has 0 bridgehead atoms. The number of hydrogen-bond acceptors (Lipinski definition) is 2. The number of amides is 2. The van der Waals surface area contributed by atoms with Gasteiger partial charge < -0.3 is 15.3 Å². The van der Waals surface area contributed by atoms with E-state index < -0.39 is 5.97 Å². The molecule has 0 aliphatic heterocycles. The van der Waals surface area contributed by atoms with Crippen molar-refractivity contribution >= 4 is 12.0 Å². The highest BCUT2D eigenvalue weighted by molar-refractivity contribution is 5.74. The first-order chi connectivity index (χ1) is 6.57. The van der Waals surface area contributed by atoms with E-state index in [-0.39, 0.29) is 12.5 Å². The van der Waals surface area contributed by atoms with Crippen molar-refractivity contribution < 1.29 is 14.7 Å². The lowest BCUT2D eigenvalue weighted by atomic mass is 10.3. The van der Waals surface area contributed by atoms with Gasteiger partial charge >= 0.3 is 12.0 Å². The van der Waals surface area contributed by atoms with Crippen LogP contribution in [0.15, 0.2) is 12.7 Å². The fraction of sp³-hybridized carbons (Fsp3) is 0.556. The van der Waals surface area contributed by atoms with E-state index in [1.807, 2.05) is 0 Å². The van der Waals surface area contributed by atoms with Gasteiger partial charge in [0.05, 0.1) is 0 Å². The molecule has 0 saturated heterocycles. The largest absolute Gasteiger partial charge is 0.481 e. The lowest BCUT2D eigenvalue weighted by Gasteiger charge is -2.16. The van der Waals surface area contributed by atoms with Crippen molar-refractivity contribution in [1.82, 2.24) is 10.2 Å². The molecule has 2 N–H and O–H groups in total. The van der Waals surface area contributed by atoms with Gasteiger partial charge in [0.25, 0.3) is 0 Å². The Kier molecular flexibility index (Phi) is 6.19. The zero-order valence-electron chi connectivity index (χ0n) is 8.32. The molecular weight excluding hydrogens is 184 g/mol. The Morgan fingerprint density at radius 3 is 2.71 bits per heavy atom. The Bertz CT molecular complexity index is 216. The van der Waals surface area contributed by atoms with Gasteiger partial charge in [0, 0.05) is 26.6 Å². The molecule has 0 fully saturated rings. The smallest absolute Gasteiger partial charge is 0.317 e. The normalized spacial score (nSPS) is 9.21. The van der Waals surface area contributed by atoms with Crippen LogP contribution in [0.25, 0.3) is 0 Å². The van der Waals surface area contributed by atoms with E-state index in [9.17, 15) is 9.59 Å². The fourth-order valence-electron chi connectivity index (χ4n) is 0.863. The Balaban J connectivity index is 3.61. The summed E-state index contributed by atoms with van der Waals surface area (Å²) in [4.78, 5) is 22.8. The predicted molar refractivity (Wildman–Crippen MR) is 53.1 cm³/mol. The second-order valence-electron chi connectivity index (χ2n) is 2.89. The minimum Gasteiger partial charge on any atom is -0.481 e. The number of carboxylic acid groups (broad SMARTS) is 1. The van der Waals surface area contributed by atoms with Gasteiger partial charge in [0.2, 0.25) is 0 Å². The zero-order valence-corrected chi connectivity index (χ0v) is 8.32. The highest BCUT2D eigenvalue weighted by Crippen LogP contribution is 1.93. The van der Waals surface area contributed by atoms with Crippen molar-refractivity contribution in [3.8, 4) is 0 Å². The third-order valence-electron chi connectivity index (χ3n) is 1.63. The molecule has 0 aliphatic carbocycles. The van der Waals surface area contributed by atoms with Crippen LogP contribution in [-0.2, 0) is 4.79 Å². The van der Waals surface area contributed by atoms with E-state index in [1.165, 1.54) is 4.90 Å². The van der Waals surface area contributed by atoms with E-state index >= 15 is 0 Å². The molecule has 0 saturated carbocycles.